The smallest absolute Gasteiger partial charge is 0.323 e. The zero-order valence-corrected chi connectivity index (χ0v) is 10.1. The van der Waals surface area contributed by atoms with Gasteiger partial charge in [-0.15, -0.1) is 0 Å². The van der Waals surface area contributed by atoms with Crippen molar-refractivity contribution in [2.45, 2.75) is 25.5 Å². The Kier molecular flexibility index (Phi) is 3.64. The molecule has 0 saturated carbocycles. The van der Waals surface area contributed by atoms with Crippen molar-refractivity contribution in [3.8, 4) is 5.75 Å². The van der Waals surface area contributed by atoms with Crippen molar-refractivity contribution in [3.05, 3.63) is 29.8 Å². The number of ether oxygens (including phenoxy) is 2. The summed E-state index contributed by atoms with van der Waals surface area (Å²) in [5.41, 5.74) is 1.20. The Bertz CT molecular complexity index is 388. The molecule has 1 aliphatic rings. The number of aryl methyl sites for hydroxylation is 1. The van der Waals surface area contributed by atoms with Crippen molar-refractivity contribution < 1.29 is 14.3 Å². The van der Waals surface area contributed by atoms with Crippen LogP contribution < -0.4 is 10.1 Å². The Morgan fingerprint density at radius 3 is 2.71 bits per heavy atom. The first-order valence-corrected chi connectivity index (χ1v) is 5.73. The zero-order valence-electron chi connectivity index (χ0n) is 10.1. The molecule has 0 amide bonds. The maximum absolute atomic E-state index is 11.3. The molecule has 17 heavy (non-hydrogen) atoms. The first-order chi connectivity index (χ1) is 8.19. The Labute approximate surface area is 101 Å². The Morgan fingerprint density at radius 1 is 1.35 bits per heavy atom. The van der Waals surface area contributed by atoms with Crippen LogP contribution in [-0.4, -0.2) is 31.8 Å². The second-order valence-electron chi connectivity index (χ2n) is 4.27. The second-order valence-corrected chi connectivity index (χ2v) is 4.27. The fraction of sp³-hybridized carbons (Fsp3) is 0.462. The second kappa shape index (κ2) is 5.19. The Balaban J connectivity index is 1.89. The van der Waals surface area contributed by atoms with Crippen molar-refractivity contribution >= 4 is 5.97 Å². The van der Waals surface area contributed by atoms with Gasteiger partial charge in [0.1, 0.15) is 17.9 Å². The topological polar surface area (TPSA) is 47.6 Å². The third-order valence-electron chi connectivity index (χ3n) is 2.90. The van der Waals surface area contributed by atoms with E-state index in [-0.39, 0.29) is 18.1 Å². The van der Waals surface area contributed by atoms with Crippen LogP contribution in [0.2, 0.25) is 0 Å². The van der Waals surface area contributed by atoms with Crippen molar-refractivity contribution in [1.82, 2.24) is 5.32 Å². The molecule has 4 heteroatoms. The monoisotopic (exact) mass is 235 g/mol. The van der Waals surface area contributed by atoms with E-state index in [2.05, 4.69) is 5.32 Å². The van der Waals surface area contributed by atoms with E-state index < -0.39 is 0 Å². The number of rotatable bonds is 3. The molecule has 0 aliphatic carbocycles. The number of nitrogens with one attached hydrogen (secondary N) is 1. The summed E-state index contributed by atoms with van der Waals surface area (Å²) in [7, 11) is 1.40. The normalized spacial score (nSPS) is 23.4. The Hall–Kier alpha value is -1.55. The lowest BCUT2D eigenvalue weighted by atomic mass is 10.2. The molecule has 0 bridgehead atoms. The average Bonchev–Trinajstić information content (AvgIpc) is 2.80. The van der Waals surface area contributed by atoms with Crippen molar-refractivity contribution in [2.75, 3.05) is 13.7 Å². The highest BCUT2D eigenvalue weighted by Gasteiger charge is 2.31. The molecule has 4 nitrogen and oxygen atoms in total. The summed E-state index contributed by atoms with van der Waals surface area (Å²) in [6.07, 6.45) is 0.683. The molecule has 1 aromatic carbocycles. The summed E-state index contributed by atoms with van der Waals surface area (Å²) >= 11 is 0. The third kappa shape index (κ3) is 2.97. The van der Waals surface area contributed by atoms with E-state index in [0.29, 0.717) is 13.0 Å². The molecule has 0 radical (unpaired) electrons. The van der Waals surface area contributed by atoms with E-state index >= 15 is 0 Å². The minimum absolute atomic E-state index is 0.0295. The summed E-state index contributed by atoms with van der Waals surface area (Å²) in [5, 5.41) is 3.09. The fourth-order valence-electron chi connectivity index (χ4n) is 1.92. The van der Waals surface area contributed by atoms with E-state index in [0.717, 1.165) is 5.75 Å². The van der Waals surface area contributed by atoms with Crippen molar-refractivity contribution in [2.24, 2.45) is 0 Å². The van der Waals surface area contributed by atoms with Crippen LogP contribution in [-0.2, 0) is 9.53 Å². The van der Waals surface area contributed by atoms with Crippen molar-refractivity contribution in [1.29, 1.82) is 0 Å². The highest BCUT2D eigenvalue weighted by molar-refractivity contribution is 5.76. The molecular formula is C13H17NO3. The largest absolute Gasteiger partial charge is 0.489 e. The molecule has 92 valence electrons. The standard InChI is InChI=1S/C13H17NO3/c1-9-3-5-10(6-4-9)17-11-7-12(14-8-11)13(15)16-2/h3-6,11-12,14H,7-8H2,1-2H3. The maximum Gasteiger partial charge on any atom is 0.323 e. The number of methoxy groups -OCH3 is 1. The molecule has 1 saturated heterocycles. The van der Waals surface area contributed by atoms with Crippen LogP contribution in [0, 0.1) is 6.92 Å². The van der Waals surface area contributed by atoms with Gasteiger partial charge in [0.15, 0.2) is 0 Å². The van der Waals surface area contributed by atoms with Gasteiger partial charge in [0.2, 0.25) is 0 Å². The van der Waals surface area contributed by atoms with Gasteiger partial charge in [-0.25, -0.2) is 0 Å². The third-order valence-corrected chi connectivity index (χ3v) is 2.90. The molecule has 1 heterocycles. The van der Waals surface area contributed by atoms with E-state index in [1.165, 1.54) is 12.7 Å². The van der Waals surface area contributed by atoms with Gasteiger partial charge in [0.25, 0.3) is 0 Å². The fourth-order valence-corrected chi connectivity index (χ4v) is 1.92. The van der Waals surface area contributed by atoms with Crippen LogP contribution in [0.15, 0.2) is 24.3 Å². The lowest BCUT2D eigenvalue weighted by Gasteiger charge is -2.12. The number of hydrogen-bond acceptors (Lipinski definition) is 4. The summed E-state index contributed by atoms with van der Waals surface area (Å²) in [4.78, 5) is 11.3. The summed E-state index contributed by atoms with van der Waals surface area (Å²) in [6, 6.07) is 7.67. The average molecular weight is 235 g/mol. The van der Waals surface area contributed by atoms with Gasteiger partial charge in [0, 0.05) is 13.0 Å². The molecule has 2 atom stereocenters. The van der Waals surface area contributed by atoms with E-state index in [9.17, 15) is 4.79 Å². The minimum Gasteiger partial charge on any atom is -0.489 e. The van der Waals surface area contributed by atoms with Gasteiger partial charge < -0.3 is 14.8 Å². The SMILES string of the molecule is COC(=O)C1CC(Oc2ccc(C)cc2)CN1. The summed E-state index contributed by atoms with van der Waals surface area (Å²) < 4.78 is 10.5. The van der Waals surface area contributed by atoms with Crippen molar-refractivity contribution in [3.63, 3.8) is 0 Å². The summed E-state index contributed by atoms with van der Waals surface area (Å²) in [6.45, 7) is 2.71. The number of hydrogen-bond donors (Lipinski definition) is 1. The quantitative estimate of drug-likeness (QED) is 0.802. The van der Waals surface area contributed by atoms with Crippen LogP contribution in [0.1, 0.15) is 12.0 Å². The predicted octanol–water partition coefficient (Wildman–Crippen LogP) is 1.28. The molecule has 1 N–H and O–H groups in total. The number of benzene rings is 1. The molecular weight excluding hydrogens is 218 g/mol. The molecule has 0 aromatic heterocycles. The lowest BCUT2D eigenvalue weighted by molar-refractivity contribution is -0.142. The highest BCUT2D eigenvalue weighted by Crippen LogP contribution is 2.18. The first-order valence-electron chi connectivity index (χ1n) is 5.73. The maximum atomic E-state index is 11.3. The number of esters is 1. The van der Waals surface area contributed by atoms with Crippen LogP contribution in [0.3, 0.4) is 0 Å². The lowest BCUT2D eigenvalue weighted by Crippen LogP contribution is -2.31. The first kappa shape index (κ1) is 11.9. The van der Waals surface area contributed by atoms with Gasteiger partial charge in [-0.1, -0.05) is 17.7 Å². The van der Waals surface area contributed by atoms with E-state index in [4.69, 9.17) is 9.47 Å². The molecule has 0 spiro atoms. The molecule has 1 aliphatic heterocycles. The van der Waals surface area contributed by atoms with Gasteiger partial charge in [-0.05, 0) is 19.1 Å². The van der Waals surface area contributed by atoms with Crippen LogP contribution in [0.4, 0.5) is 0 Å². The predicted molar refractivity (Wildman–Crippen MR) is 64.0 cm³/mol. The number of carbonyl (C=O) groups is 1. The van der Waals surface area contributed by atoms with Crippen LogP contribution in [0.25, 0.3) is 0 Å². The van der Waals surface area contributed by atoms with E-state index in [1.54, 1.807) is 0 Å². The number of carbonyl (C=O) groups excluding carboxylic acids is 1. The van der Waals surface area contributed by atoms with Gasteiger partial charge in [-0.2, -0.15) is 0 Å². The molecule has 2 unspecified atom stereocenters. The van der Waals surface area contributed by atoms with E-state index in [1.807, 2.05) is 31.2 Å². The Morgan fingerprint density at radius 2 is 2.06 bits per heavy atom. The molecule has 1 aromatic rings. The van der Waals surface area contributed by atoms with Gasteiger partial charge in [0.05, 0.1) is 7.11 Å². The van der Waals surface area contributed by atoms with Crippen LogP contribution >= 0.6 is 0 Å². The minimum atomic E-state index is -0.240. The highest BCUT2D eigenvalue weighted by atomic mass is 16.5. The van der Waals surface area contributed by atoms with Crippen LogP contribution in [0.5, 0.6) is 5.75 Å². The summed E-state index contributed by atoms with van der Waals surface area (Å²) in [5.74, 6) is 0.618. The van der Waals surface area contributed by atoms with Gasteiger partial charge in [-0.3, -0.25) is 4.79 Å². The molecule has 1 fully saturated rings. The molecule has 2 rings (SSSR count). The van der Waals surface area contributed by atoms with Gasteiger partial charge >= 0.3 is 5.97 Å². The zero-order chi connectivity index (χ0) is 12.3.